The van der Waals surface area contributed by atoms with E-state index < -0.39 is 61.2 Å². The Morgan fingerprint density at radius 1 is 0.548 bits per heavy atom. The first-order valence-electron chi connectivity index (χ1n) is 7.70. The molecular formula is C14H13F15O2. The summed E-state index contributed by atoms with van der Waals surface area (Å²) >= 11 is 0. The molecule has 0 aromatic rings. The summed E-state index contributed by atoms with van der Waals surface area (Å²) in [5, 5.41) is 0. The van der Waals surface area contributed by atoms with Crippen LogP contribution in [-0.4, -0.2) is 61.5 Å². The summed E-state index contributed by atoms with van der Waals surface area (Å²) in [7, 11) is 0. The number of ether oxygens (including phenoxy) is 2. The van der Waals surface area contributed by atoms with Crippen LogP contribution in [0.4, 0.5) is 65.9 Å². The number of halogens is 15. The van der Waals surface area contributed by atoms with Gasteiger partial charge in [-0.3, -0.25) is 0 Å². The van der Waals surface area contributed by atoms with Crippen LogP contribution in [-0.2, 0) is 9.47 Å². The monoisotopic (exact) mass is 498 g/mol. The van der Waals surface area contributed by atoms with Gasteiger partial charge in [0, 0.05) is 13.0 Å². The van der Waals surface area contributed by atoms with Crippen molar-refractivity contribution in [2.24, 2.45) is 0 Å². The molecule has 0 radical (unpaired) electrons. The Morgan fingerprint density at radius 2 is 0.968 bits per heavy atom. The van der Waals surface area contributed by atoms with E-state index in [0.29, 0.717) is 0 Å². The maximum atomic E-state index is 13.5. The van der Waals surface area contributed by atoms with Gasteiger partial charge in [-0.2, -0.15) is 65.9 Å². The summed E-state index contributed by atoms with van der Waals surface area (Å²) in [6.07, 6.45) is -10.4. The van der Waals surface area contributed by atoms with Crippen molar-refractivity contribution < 1.29 is 75.3 Å². The van der Waals surface area contributed by atoms with Crippen LogP contribution >= 0.6 is 0 Å². The maximum absolute atomic E-state index is 13.5. The fraction of sp³-hybridized carbons (Fsp3) is 0.857. The highest BCUT2D eigenvalue weighted by Gasteiger charge is 2.93. The molecule has 0 atom stereocenters. The summed E-state index contributed by atoms with van der Waals surface area (Å²) in [6.45, 7) is 1.63. The van der Waals surface area contributed by atoms with E-state index in [0.717, 1.165) is 6.26 Å². The highest BCUT2D eigenvalue weighted by atomic mass is 19.4. The summed E-state index contributed by atoms with van der Waals surface area (Å²) < 4.78 is 203. The fourth-order valence-corrected chi connectivity index (χ4v) is 1.84. The predicted molar refractivity (Wildman–Crippen MR) is 71.9 cm³/mol. The van der Waals surface area contributed by atoms with Gasteiger partial charge >= 0.3 is 41.7 Å². The van der Waals surface area contributed by atoms with Crippen LogP contribution < -0.4 is 0 Å². The van der Waals surface area contributed by atoms with Gasteiger partial charge in [0.1, 0.15) is 6.61 Å². The molecule has 0 saturated heterocycles. The second-order valence-electron chi connectivity index (χ2n) is 5.83. The third-order valence-corrected chi connectivity index (χ3v) is 3.64. The van der Waals surface area contributed by atoms with Gasteiger partial charge in [0.05, 0.1) is 12.9 Å². The van der Waals surface area contributed by atoms with E-state index in [1.807, 2.05) is 0 Å². The molecule has 0 heterocycles. The van der Waals surface area contributed by atoms with Gasteiger partial charge in [-0.1, -0.05) is 6.58 Å². The van der Waals surface area contributed by atoms with Gasteiger partial charge in [-0.15, -0.1) is 0 Å². The molecule has 0 saturated carbocycles. The van der Waals surface area contributed by atoms with E-state index in [1.165, 1.54) is 0 Å². The molecule has 0 fully saturated rings. The van der Waals surface area contributed by atoms with Crippen molar-refractivity contribution in [3.8, 4) is 0 Å². The molecule has 0 amide bonds. The van der Waals surface area contributed by atoms with Gasteiger partial charge < -0.3 is 9.47 Å². The van der Waals surface area contributed by atoms with Gasteiger partial charge in [0.15, 0.2) is 0 Å². The van der Waals surface area contributed by atoms with Gasteiger partial charge in [-0.25, -0.2) is 0 Å². The first-order valence-corrected chi connectivity index (χ1v) is 7.70. The van der Waals surface area contributed by atoms with Crippen molar-refractivity contribution in [2.45, 2.75) is 54.6 Å². The zero-order chi connectivity index (χ0) is 25.2. The number of rotatable bonds is 13. The Balaban J connectivity index is 5.71. The number of hydrogen-bond acceptors (Lipinski definition) is 2. The van der Waals surface area contributed by atoms with Crippen molar-refractivity contribution >= 4 is 0 Å². The largest absolute Gasteiger partial charge is 0.499 e. The molecule has 2 nitrogen and oxygen atoms in total. The molecule has 0 aromatic carbocycles. The first-order chi connectivity index (χ1) is 13.6. The molecule has 186 valence electrons. The van der Waals surface area contributed by atoms with Crippen LogP contribution in [0.2, 0.25) is 0 Å². The lowest BCUT2D eigenvalue weighted by molar-refractivity contribution is -0.452. The quantitative estimate of drug-likeness (QED) is 0.168. The van der Waals surface area contributed by atoms with Gasteiger partial charge in [0.2, 0.25) is 0 Å². The molecule has 0 spiro atoms. The average Bonchev–Trinajstić information content (AvgIpc) is 2.59. The predicted octanol–water partition coefficient (Wildman–Crippen LogP) is 6.32. The number of hydrogen-bond donors (Lipinski definition) is 0. The maximum Gasteiger partial charge on any atom is 0.460 e. The topological polar surface area (TPSA) is 18.5 Å². The minimum atomic E-state index is -8.26. The molecule has 17 heteroatoms. The minimum absolute atomic E-state index is 0.219. The van der Waals surface area contributed by atoms with Gasteiger partial charge in [0.25, 0.3) is 0 Å². The lowest BCUT2D eigenvalue weighted by atomic mass is 9.90. The molecule has 0 bridgehead atoms. The van der Waals surface area contributed by atoms with E-state index >= 15 is 0 Å². The normalized spacial score (nSPS) is 15.2. The molecule has 0 rings (SSSR count). The van der Waals surface area contributed by atoms with Crippen molar-refractivity contribution in [3.63, 3.8) is 0 Å². The van der Waals surface area contributed by atoms with Crippen LogP contribution in [0.5, 0.6) is 0 Å². The van der Waals surface area contributed by atoms with Gasteiger partial charge in [-0.05, 0) is 6.42 Å². The highest BCUT2D eigenvalue weighted by molar-refractivity contribution is 5.12. The van der Waals surface area contributed by atoms with Crippen molar-refractivity contribution in [1.82, 2.24) is 0 Å². The van der Waals surface area contributed by atoms with E-state index in [1.54, 1.807) is 0 Å². The van der Waals surface area contributed by atoms with Crippen LogP contribution in [0.3, 0.4) is 0 Å². The Kier molecular flexibility index (Phi) is 8.68. The second-order valence-corrected chi connectivity index (χ2v) is 5.83. The summed E-state index contributed by atoms with van der Waals surface area (Å²) in [5.41, 5.74) is 0. The third-order valence-electron chi connectivity index (χ3n) is 3.64. The SMILES string of the molecule is C=COCCOCCCC(F)(F)C(F)(F)C(F)(F)C(F)(F)C(F)(F)C(F)(F)C(F)(F)F. The standard InChI is InChI=1S/C14H13F15O2/c1-2-30-6-7-31-5-3-4-8(15,16)9(17,18)10(19,20)11(21,22)12(23,24)13(25,26)14(27,28)29/h2H,1,3-7H2. The highest BCUT2D eigenvalue weighted by Crippen LogP contribution is 2.62. The zero-order valence-corrected chi connectivity index (χ0v) is 14.8. The van der Waals surface area contributed by atoms with Crippen molar-refractivity contribution in [1.29, 1.82) is 0 Å². The van der Waals surface area contributed by atoms with E-state index in [-0.39, 0.29) is 13.2 Å². The zero-order valence-electron chi connectivity index (χ0n) is 14.8. The van der Waals surface area contributed by atoms with Crippen LogP contribution in [0.25, 0.3) is 0 Å². The Labute approximate surface area is 164 Å². The molecule has 0 N–H and O–H groups in total. The summed E-state index contributed by atoms with van der Waals surface area (Å²) in [5.74, 6) is -46.2. The molecule has 0 aromatic heterocycles. The smallest absolute Gasteiger partial charge is 0.460 e. The second kappa shape index (κ2) is 9.13. The van der Waals surface area contributed by atoms with Crippen molar-refractivity contribution in [2.75, 3.05) is 19.8 Å². The van der Waals surface area contributed by atoms with E-state index in [9.17, 15) is 65.9 Å². The third kappa shape index (κ3) is 5.10. The summed E-state index contributed by atoms with van der Waals surface area (Å²) in [4.78, 5) is 0. The molecule has 0 aliphatic heterocycles. The van der Waals surface area contributed by atoms with E-state index in [4.69, 9.17) is 0 Å². The molecule has 0 aliphatic carbocycles. The molecule has 0 aliphatic rings. The molecular weight excluding hydrogens is 485 g/mol. The molecule has 31 heavy (non-hydrogen) atoms. The van der Waals surface area contributed by atoms with Crippen LogP contribution in [0.1, 0.15) is 12.8 Å². The Bertz CT molecular complexity index is 597. The van der Waals surface area contributed by atoms with Crippen LogP contribution in [0, 0.1) is 0 Å². The molecule has 0 unspecified atom stereocenters. The first kappa shape index (κ1) is 29.5. The number of alkyl halides is 15. The lowest BCUT2D eigenvalue weighted by Crippen LogP contribution is -2.72. The Hall–Kier alpha value is -1.55. The van der Waals surface area contributed by atoms with Crippen molar-refractivity contribution in [3.05, 3.63) is 12.8 Å². The minimum Gasteiger partial charge on any atom is -0.499 e. The fourth-order valence-electron chi connectivity index (χ4n) is 1.84. The average molecular weight is 498 g/mol. The Morgan fingerprint density at radius 3 is 1.39 bits per heavy atom. The van der Waals surface area contributed by atoms with Crippen LogP contribution in [0.15, 0.2) is 12.8 Å². The lowest BCUT2D eigenvalue weighted by Gasteiger charge is -2.41. The summed E-state index contributed by atoms with van der Waals surface area (Å²) in [6, 6.07) is 0. The van der Waals surface area contributed by atoms with E-state index in [2.05, 4.69) is 16.1 Å².